The molecule has 0 spiro atoms. The molecule has 1 aromatic carbocycles. The zero-order valence-corrected chi connectivity index (χ0v) is 9.24. The van der Waals surface area contributed by atoms with Gasteiger partial charge in [-0.15, -0.1) is 0 Å². The predicted octanol–water partition coefficient (Wildman–Crippen LogP) is 2.39. The first-order valence-corrected chi connectivity index (χ1v) is 5.18. The molecule has 2 aromatic rings. The van der Waals surface area contributed by atoms with Gasteiger partial charge in [-0.3, -0.25) is 5.10 Å². The number of aromatic nitrogens is 2. The lowest BCUT2D eigenvalue weighted by Gasteiger charge is -2.03. The summed E-state index contributed by atoms with van der Waals surface area (Å²) in [5.74, 6) is -0.859. The molecule has 0 atom stereocenters. The summed E-state index contributed by atoms with van der Waals surface area (Å²) < 4.78 is 18.0. The van der Waals surface area contributed by atoms with Crippen LogP contribution in [-0.4, -0.2) is 22.8 Å². The molecular formula is C12H11FN2O2. The fraction of sp³-hybridized carbons (Fsp3) is 0.167. The standard InChI is InChI=1S/C12H11FN2O2/c1-2-17-12(16)11-10(7-14-15-11)8-4-3-5-9(13)6-8/h3-7H,2H2,1H3,(H,14,15). The van der Waals surface area contributed by atoms with E-state index in [0.29, 0.717) is 11.1 Å². The molecule has 1 aromatic heterocycles. The monoisotopic (exact) mass is 234 g/mol. The fourth-order valence-electron chi connectivity index (χ4n) is 1.52. The first kappa shape index (κ1) is 11.3. The Balaban J connectivity index is 2.40. The summed E-state index contributed by atoms with van der Waals surface area (Å²) in [4.78, 5) is 11.6. The summed E-state index contributed by atoms with van der Waals surface area (Å²) in [7, 11) is 0. The fourth-order valence-corrected chi connectivity index (χ4v) is 1.52. The summed E-state index contributed by atoms with van der Waals surface area (Å²) in [5, 5.41) is 6.34. The zero-order valence-electron chi connectivity index (χ0n) is 9.24. The molecule has 0 bridgehead atoms. The van der Waals surface area contributed by atoms with Crippen LogP contribution in [0.4, 0.5) is 4.39 Å². The third kappa shape index (κ3) is 2.33. The lowest BCUT2D eigenvalue weighted by Crippen LogP contribution is -2.06. The van der Waals surface area contributed by atoms with Gasteiger partial charge in [-0.2, -0.15) is 5.10 Å². The Bertz CT molecular complexity index is 537. The van der Waals surface area contributed by atoms with E-state index in [-0.39, 0.29) is 18.1 Å². The van der Waals surface area contributed by atoms with Crippen molar-refractivity contribution in [1.29, 1.82) is 0 Å². The molecule has 88 valence electrons. The number of esters is 1. The highest BCUT2D eigenvalue weighted by molar-refractivity contribution is 5.95. The number of hydrogen-bond acceptors (Lipinski definition) is 3. The van der Waals surface area contributed by atoms with Gasteiger partial charge in [0.2, 0.25) is 0 Å². The summed E-state index contributed by atoms with van der Waals surface area (Å²) >= 11 is 0. The van der Waals surface area contributed by atoms with E-state index in [1.807, 2.05) is 0 Å². The second kappa shape index (κ2) is 4.78. The van der Waals surface area contributed by atoms with Crippen molar-refractivity contribution in [1.82, 2.24) is 10.2 Å². The maximum absolute atomic E-state index is 13.1. The minimum atomic E-state index is -0.496. The van der Waals surface area contributed by atoms with Crippen molar-refractivity contribution in [2.45, 2.75) is 6.92 Å². The van der Waals surface area contributed by atoms with Crippen molar-refractivity contribution in [2.75, 3.05) is 6.61 Å². The van der Waals surface area contributed by atoms with E-state index < -0.39 is 5.97 Å². The molecule has 17 heavy (non-hydrogen) atoms. The lowest BCUT2D eigenvalue weighted by atomic mass is 10.1. The normalized spacial score (nSPS) is 10.2. The van der Waals surface area contributed by atoms with E-state index >= 15 is 0 Å². The van der Waals surface area contributed by atoms with Crippen LogP contribution in [0.2, 0.25) is 0 Å². The number of rotatable bonds is 3. The third-order valence-electron chi connectivity index (χ3n) is 2.25. The van der Waals surface area contributed by atoms with E-state index in [4.69, 9.17) is 4.74 Å². The van der Waals surface area contributed by atoms with Crippen LogP contribution in [0, 0.1) is 5.82 Å². The Kier molecular flexibility index (Phi) is 3.18. The van der Waals surface area contributed by atoms with Gasteiger partial charge in [0.15, 0.2) is 5.69 Å². The van der Waals surface area contributed by atoms with Crippen molar-refractivity contribution in [2.24, 2.45) is 0 Å². The van der Waals surface area contributed by atoms with Gasteiger partial charge in [0.05, 0.1) is 12.8 Å². The largest absolute Gasteiger partial charge is 0.461 e. The second-order valence-electron chi connectivity index (χ2n) is 3.39. The van der Waals surface area contributed by atoms with E-state index in [9.17, 15) is 9.18 Å². The van der Waals surface area contributed by atoms with E-state index in [1.54, 1.807) is 19.1 Å². The molecule has 0 saturated heterocycles. The summed E-state index contributed by atoms with van der Waals surface area (Å²) in [5.41, 5.74) is 1.35. The van der Waals surface area contributed by atoms with Crippen molar-refractivity contribution in [3.05, 3.63) is 42.0 Å². The van der Waals surface area contributed by atoms with E-state index in [1.165, 1.54) is 18.3 Å². The molecule has 1 N–H and O–H groups in total. The van der Waals surface area contributed by atoms with Crippen molar-refractivity contribution >= 4 is 5.97 Å². The van der Waals surface area contributed by atoms with Crippen molar-refractivity contribution in [3.63, 3.8) is 0 Å². The Morgan fingerprint density at radius 1 is 1.53 bits per heavy atom. The van der Waals surface area contributed by atoms with Crippen LogP contribution in [0.3, 0.4) is 0 Å². The molecule has 0 fully saturated rings. The number of benzene rings is 1. The highest BCUT2D eigenvalue weighted by atomic mass is 19.1. The Morgan fingerprint density at radius 3 is 3.06 bits per heavy atom. The molecule has 0 amide bonds. The van der Waals surface area contributed by atoms with Crippen LogP contribution in [0.15, 0.2) is 30.5 Å². The average Bonchev–Trinajstić information content (AvgIpc) is 2.78. The van der Waals surface area contributed by atoms with Gasteiger partial charge in [0.25, 0.3) is 0 Å². The van der Waals surface area contributed by atoms with Gasteiger partial charge in [-0.1, -0.05) is 12.1 Å². The van der Waals surface area contributed by atoms with Gasteiger partial charge in [-0.05, 0) is 24.6 Å². The highest BCUT2D eigenvalue weighted by Crippen LogP contribution is 2.23. The number of ether oxygens (including phenoxy) is 1. The molecular weight excluding hydrogens is 223 g/mol. The number of nitrogens with zero attached hydrogens (tertiary/aromatic N) is 1. The number of halogens is 1. The molecule has 0 saturated carbocycles. The topological polar surface area (TPSA) is 55.0 Å². The lowest BCUT2D eigenvalue weighted by molar-refractivity contribution is 0.0520. The molecule has 4 nitrogen and oxygen atoms in total. The number of H-pyrrole nitrogens is 1. The Labute approximate surface area is 97.4 Å². The number of hydrogen-bond donors (Lipinski definition) is 1. The molecule has 5 heteroatoms. The molecule has 1 heterocycles. The van der Waals surface area contributed by atoms with Crippen molar-refractivity contribution in [3.8, 4) is 11.1 Å². The highest BCUT2D eigenvalue weighted by Gasteiger charge is 2.16. The maximum Gasteiger partial charge on any atom is 0.356 e. The van der Waals surface area contributed by atoms with Crippen LogP contribution in [0.25, 0.3) is 11.1 Å². The van der Waals surface area contributed by atoms with Crippen molar-refractivity contribution < 1.29 is 13.9 Å². The third-order valence-corrected chi connectivity index (χ3v) is 2.25. The van der Waals surface area contributed by atoms with Gasteiger partial charge in [0, 0.05) is 5.56 Å². The molecule has 0 unspecified atom stereocenters. The van der Waals surface area contributed by atoms with Crippen LogP contribution in [0.5, 0.6) is 0 Å². The molecule has 2 rings (SSSR count). The van der Waals surface area contributed by atoms with Gasteiger partial charge < -0.3 is 4.74 Å². The SMILES string of the molecule is CCOC(=O)c1[nH]ncc1-c1cccc(F)c1. The summed E-state index contributed by atoms with van der Waals surface area (Å²) in [6, 6.07) is 5.96. The first-order valence-electron chi connectivity index (χ1n) is 5.18. The number of carbonyl (C=O) groups is 1. The number of aromatic amines is 1. The van der Waals surface area contributed by atoms with E-state index in [0.717, 1.165) is 0 Å². The maximum atomic E-state index is 13.1. The minimum Gasteiger partial charge on any atom is -0.461 e. The second-order valence-corrected chi connectivity index (χ2v) is 3.39. The van der Waals surface area contributed by atoms with Crippen LogP contribution in [-0.2, 0) is 4.74 Å². The van der Waals surface area contributed by atoms with Crippen LogP contribution >= 0.6 is 0 Å². The minimum absolute atomic E-state index is 0.234. The Hall–Kier alpha value is -2.17. The van der Waals surface area contributed by atoms with Gasteiger partial charge >= 0.3 is 5.97 Å². The molecule has 0 radical (unpaired) electrons. The number of nitrogens with one attached hydrogen (secondary N) is 1. The summed E-state index contributed by atoms with van der Waals surface area (Å²) in [6.07, 6.45) is 1.47. The molecule has 0 aliphatic carbocycles. The molecule has 0 aliphatic rings. The average molecular weight is 234 g/mol. The predicted molar refractivity (Wildman–Crippen MR) is 59.9 cm³/mol. The zero-order chi connectivity index (χ0) is 12.3. The smallest absolute Gasteiger partial charge is 0.356 e. The molecule has 0 aliphatic heterocycles. The first-order chi connectivity index (χ1) is 8.22. The van der Waals surface area contributed by atoms with Crippen LogP contribution < -0.4 is 0 Å². The van der Waals surface area contributed by atoms with E-state index in [2.05, 4.69) is 10.2 Å². The Morgan fingerprint density at radius 2 is 2.35 bits per heavy atom. The number of carbonyl (C=O) groups excluding carboxylic acids is 1. The summed E-state index contributed by atoms with van der Waals surface area (Å²) in [6.45, 7) is 2.00. The quantitative estimate of drug-likeness (QED) is 0.829. The van der Waals surface area contributed by atoms with Gasteiger partial charge in [-0.25, -0.2) is 9.18 Å². The van der Waals surface area contributed by atoms with Crippen LogP contribution in [0.1, 0.15) is 17.4 Å². The van der Waals surface area contributed by atoms with Gasteiger partial charge in [0.1, 0.15) is 5.82 Å².